The van der Waals surface area contributed by atoms with E-state index in [0.717, 1.165) is 0 Å². The summed E-state index contributed by atoms with van der Waals surface area (Å²) in [5, 5.41) is 5.76. The highest BCUT2D eigenvalue weighted by Gasteiger charge is 2.32. The van der Waals surface area contributed by atoms with Crippen molar-refractivity contribution in [1.82, 2.24) is 10.6 Å². The molecule has 0 aromatic heterocycles. The highest BCUT2D eigenvalue weighted by Crippen LogP contribution is 2.19. The molecule has 0 aliphatic rings. The lowest BCUT2D eigenvalue weighted by Gasteiger charge is -2.31. The molecule has 5 nitrogen and oxygen atoms in total. The number of ether oxygens (including phenoxy) is 1. The third-order valence-corrected chi connectivity index (χ3v) is 4.51. The van der Waals surface area contributed by atoms with E-state index in [1.54, 1.807) is 24.3 Å². The lowest BCUT2D eigenvalue weighted by molar-refractivity contribution is -0.125. The minimum atomic E-state index is -0.696. The minimum absolute atomic E-state index is 0.0950. The van der Waals surface area contributed by atoms with E-state index in [9.17, 15) is 9.59 Å². The molecule has 0 spiro atoms. The zero-order chi connectivity index (χ0) is 19.7. The molecule has 1 aromatic rings. The largest absolute Gasteiger partial charge is 0.493 e. The summed E-state index contributed by atoms with van der Waals surface area (Å²) in [6.07, 6.45) is 6.88. The molecular weight excluding hydrogens is 328 g/mol. The van der Waals surface area contributed by atoms with Crippen molar-refractivity contribution in [3.05, 3.63) is 29.8 Å². The summed E-state index contributed by atoms with van der Waals surface area (Å²) in [6, 6.07) is 6.29. The Morgan fingerprint density at radius 1 is 1.19 bits per heavy atom. The van der Waals surface area contributed by atoms with Gasteiger partial charge in [0.05, 0.1) is 12.2 Å². The Labute approximate surface area is 156 Å². The molecule has 1 unspecified atom stereocenters. The van der Waals surface area contributed by atoms with Gasteiger partial charge in [0.15, 0.2) is 0 Å². The van der Waals surface area contributed by atoms with Crippen LogP contribution in [0.4, 0.5) is 0 Å². The second kappa shape index (κ2) is 9.86. The van der Waals surface area contributed by atoms with Crippen molar-refractivity contribution < 1.29 is 14.3 Å². The van der Waals surface area contributed by atoms with Crippen molar-refractivity contribution in [3.63, 3.8) is 0 Å². The normalized spacial score (nSPS) is 12.2. The number of nitrogens with one attached hydrogen (secondary N) is 2. The molecule has 0 bridgehead atoms. The van der Waals surface area contributed by atoms with Crippen molar-refractivity contribution in [2.24, 2.45) is 5.92 Å². The number of carbonyl (C=O) groups is 2. The van der Waals surface area contributed by atoms with E-state index in [1.807, 2.05) is 34.6 Å². The molecule has 0 saturated carbocycles. The molecule has 1 aromatic carbocycles. The number of benzene rings is 1. The average molecular weight is 358 g/mol. The third kappa shape index (κ3) is 5.26. The topological polar surface area (TPSA) is 67.4 Å². The summed E-state index contributed by atoms with van der Waals surface area (Å²) in [5.74, 6) is 2.47. The average Bonchev–Trinajstić information content (AvgIpc) is 2.64. The molecule has 2 amide bonds. The van der Waals surface area contributed by atoms with Crippen molar-refractivity contribution >= 4 is 11.8 Å². The van der Waals surface area contributed by atoms with E-state index >= 15 is 0 Å². The van der Waals surface area contributed by atoms with Crippen LogP contribution in [0.15, 0.2) is 24.3 Å². The molecule has 26 heavy (non-hydrogen) atoms. The van der Waals surface area contributed by atoms with Gasteiger partial charge >= 0.3 is 0 Å². The Kier molecular flexibility index (Phi) is 8.18. The SMILES string of the molecule is C#CC(CC)(CC)NC(=O)C(NC(=O)c1ccccc1OCC)C(C)C. The van der Waals surface area contributed by atoms with Gasteiger partial charge in [0.1, 0.15) is 17.3 Å². The first kappa shape index (κ1) is 21.6. The first-order chi connectivity index (χ1) is 12.3. The summed E-state index contributed by atoms with van der Waals surface area (Å²) >= 11 is 0. The number of rotatable bonds is 9. The first-order valence-corrected chi connectivity index (χ1v) is 9.16. The number of amides is 2. The maximum absolute atomic E-state index is 12.8. The maximum Gasteiger partial charge on any atom is 0.255 e. The van der Waals surface area contributed by atoms with Crippen LogP contribution in [-0.2, 0) is 4.79 Å². The molecule has 142 valence electrons. The van der Waals surface area contributed by atoms with Gasteiger partial charge in [-0.1, -0.05) is 45.7 Å². The standard InChI is InChI=1S/C21H30N2O3/c1-7-21(8-2,9-3)23-20(25)18(15(5)6)22-19(24)16-13-11-12-14-17(16)26-10-4/h1,11-15,18H,8-10H2,2-6H3,(H,22,24)(H,23,25). The van der Waals surface area contributed by atoms with E-state index in [4.69, 9.17) is 11.2 Å². The van der Waals surface area contributed by atoms with Gasteiger partial charge in [-0.25, -0.2) is 0 Å². The predicted octanol–water partition coefficient (Wildman–Crippen LogP) is 3.15. The molecular formula is C21H30N2O3. The molecule has 1 atom stereocenters. The Balaban J connectivity index is 3.00. The van der Waals surface area contributed by atoms with E-state index in [1.165, 1.54) is 0 Å². The molecule has 0 aliphatic carbocycles. The van der Waals surface area contributed by atoms with Crippen molar-refractivity contribution in [1.29, 1.82) is 0 Å². The van der Waals surface area contributed by atoms with Gasteiger partial charge in [-0.05, 0) is 37.8 Å². The van der Waals surface area contributed by atoms with E-state index < -0.39 is 11.6 Å². The number of carbonyl (C=O) groups excluding carboxylic acids is 2. The molecule has 0 aliphatic heterocycles. The fourth-order valence-electron chi connectivity index (χ4n) is 2.67. The maximum atomic E-state index is 12.8. The molecule has 5 heteroatoms. The summed E-state index contributed by atoms with van der Waals surface area (Å²) in [6.45, 7) is 9.95. The van der Waals surface area contributed by atoms with Crippen molar-refractivity contribution in [2.45, 2.75) is 59.0 Å². The number of para-hydroxylation sites is 1. The van der Waals surface area contributed by atoms with Gasteiger partial charge in [0.25, 0.3) is 5.91 Å². The highest BCUT2D eigenvalue weighted by molar-refractivity contribution is 5.99. The smallest absolute Gasteiger partial charge is 0.255 e. The molecule has 0 saturated heterocycles. The summed E-state index contributed by atoms with van der Waals surface area (Å²) in [7, 11) is 0. The van der Waals surface area contributed by atoms with Crippen LogP contribution >= 0.6 is 0 Å². The van der Waals surface area contributed by atoms with Crippen LogP contribution in [0.2, 0.25) is 0 Å². The van der Waals surface area contributed by atoms with Crippen LogP contribution in [0.5, 0.6) is 5.75 Å². The number of hydrogen-bond acceptors (Lipinski definition) is 3. The monoisotopic (exact) mass is 358 g/mol. The Hall–Kier alpha value is -2.48. The number of terminal acetylenes is 1. The first-order valence-electron chi connectivity index (χ1n) is 9.16. The highest BCUT2D eigenvalue weighted by atomic mass is 16.5. The van der Waals surface area contributed by atoms with E-state index in [-0.39, 0.29) is 17.7 Å². The molecule has 0 radical (unpaired) electrons. The van der Waals surface area contributed by atoms with Gasteiger partial charge in [0, 0.05) is 0 Å². The van der Waals surface area contributed by atoms with E-state index in [2.05, 4.69) is 16.6 Å². The minimum Gasteiger partial charge on any atom is -0.493 e. The molecule has 0 heterocycles. The lowest BCUT2D eigenvalue weighted by Crippen LogP contribution is -2.56. The predicted molar refractivity (Wildman–Crippen MR) is 104 cm³/mol. The Morgan fingerprint density at radius 2 is 1.81 bits per heavy atom. The van der Waals surface area contributed by atoms with Gasteiger partial charge in [-0.2, -0.15) is 0 Å². The van der Waals surface area contributed by atoms with Crippen LogP contribution in [-0.4, -0.2) is 30.0 Å². The third-order valence-electron chi connectivity index (χ3n) is 4.51. The fraction of sp³-hybridized carbons (Fsp3) is 0.524. The quantitative estimate of drug-likeness (QED) is 0.667. The fourth-order valence-corrected chi connectivity index (χ4v) is 2.67. The summed E-state index contributed by atoms with van der Waals surface area (Å²) in [5.41, 5.74) is -0.292. The van der Waals surface area contributed by atoms with Gasteiger partial charge < -0.3 is 15.4 Å². The van der Waals surface area contributed by atoms with Crippen LogP contribution in [0.3, 0.4) is 0 Å². The van der Waals surface area contributed by atoms with Crippen LogP contribution < -0.4 is 15.4 Å². The number of hydrogen-bond donors (Lipinski definition) is 2. The van der Waals surface area contributed by atoms with Crippen LogP contribution in [0.25, 0.3) is 0 Å². The van der Waals surface area contributed by atoms with Crippen LogP contribution in [0, 0.1) is 18.3 Å². The summed E-state index contributed by atoms with van der Waals surface area (Å²) in [4.78, 5) is 25.5. The Bertz CT molecular complexity index is 657. The molecule has 0 fully saturated rings. The van der Waals surface area contributed by atoms with Crippen molar-refractivity contribution in [2.75, 3.05) is 6.61 Å². The second-order valence-corrected chi connectivity index (χ2v) is 6.55. The molecule has 1 rings (SSSR count). The Morgan fingerprint density at radius 3 is 2.31 bits per heavy atom. The zero-order valence-corrected chi connectivity index (χ0v) is 16.4. The van der Waals surface area contributed by atoms with Gasteiger partial charge in [0.2, 0.25) is 5.91 Å². The lowest BCUT2D eigenvalue weighted by atomic mass is 9.92. The van der Waals surface area contributed by atoms with Crippen molar-refractivity contribution in [3.8, 4) is 18.1 Å². The zero-order valence-electron chi connectivity index (χ0n) is 16.4. The van der Waals surface area contributed by atoms with E-state index in [0.29, 0.717) is 30.8 Å². The van der Waals surface area contributed by atoms with Gasteiger partial charge in [-0.15, -0.1) is 6.42 Å². The second-order valence-electron chi connectivity index (χ2n) is 6.55. The molecule has 2 N–H and O–H groups in total. The van der Waals surface area contributed by atoms with Crippen LogP contribution in [0.1, 0.15) is 57.8 Å². The summed E-state index contributed by atoms with van der Waals surface area (Å²) < 4.78 is 5.51. The van der Waals surface area contributed by atoms with Gasteiger partial charge in [-0.3, -0.25) is 9.59 Å².